The van der Waals surface area contributed by atoms with Crippen molar-refractivity contribution in [2.45, 2.75) is 26.9 Å². The van der Waals surface area contributed by atoms with Crippen LogP contribution >= 0.6 is 0 Å². The predicted octanol–water partition coefficient (Wildman–Crippen LogP) is 2.53. The first-order chi connectivity index (χ1) is 7.00. The molecule has 15 heavy (non-hydrogen) atoms. The number of aliphatic hydroxyl groups is 1. The van der Waals surface area contributed by atoms with Gasteiger partial charge in [-0.2, -0.15) is 0 Å². The number of ether oxygens (including phenoxy) is 1. The number of hydrogen-bond donors (Lipinski definition) is 1. The molecule has 84 valence electrons. The van der Waals surface area contributed by atoms with Crippen molar-refractivity contribution in [3.05, 3.63) is 29.6 Å². The van der Waals surface area contributed by atoms with Gasteiger partial charge in [-0.25, -0.2) is 4.39 Å². The van der Waals surface area contributed by atoms with Gasteiger partial charge in [-0.05, 0) is 36.6 Å². The summed E-state index contributed by atoms with van der Waals surface area (Å²) in [6.07, 6.45) is -0.491. The minimum Gasteiger partial charge on any atom is -0.491 e. The molecule has 1 rings (SSSR count). The van der Waals surface area contributed by atoms with Crippen LogP contribution in [0.3, 0.4) is 0 Å². The van der Waals surface area contributed by atoms with Crippen molar-refractivity contribution in [2.24, 2.45) is 5.92 Å². The SMILES string of the molecule is Cc1cc(F)ccc1OCC(O)C(C)C. The number of benzene rings is 1. The van der Waals surface area contributed by atoms with Gasteiger partial charge < -0.3 is 9.84 Å². The molecule has 0 heterocycles. The van der Waals surface area contributed by atoms with Gasteiger partial charge in [0.25, 0.3) is 0 Å². The Hall–Kier alpha value is -1.09. The Balaban J connectivity index is 2.58. The summed E-state index contributed by atoms with van der Waals surface area (Å²) in [5.41, 5.74) is 0.742. The maximum atomic E-state index is 12.8. The normalized spacial score (nSPS) is 12.9. The van der Waals surface area contributed by atoms with Gasteiger partial charge in [-0.1, -0.05) is 13.8 Å². The molecular weight excluding hydrogens is 195 g/mol. The Bertz CT molecular complexity index is 323. The molecule has 1 aromatic carbocycles. The zero-order chi connectivity index (χ0) is 11.4. The highest BCUT2D eigenvalue weighted by Gasteiger charge is 2.10. The van der Waals surface area contributed by atoms with Crippen LogP contribution in [-0.2, 0) is 0 Å². The lowest BCUT2D eigenvalue weighted by Crippen LogP contribution is -2.23. The van der Waals surface area contributed by atoms with Gasteiger partial charge >= 0.3 is 0 Å². The lowest BCUT2D eigenvalue weighted by atomic mass is 10.1. The van der Waals surface area contributed by atoms with Gasteiger partial charge in [0, 0.05) is 0 Å². The van der Waals surface area contributed by atoms with Crippen molar-refractivity contribution < 1.29 is 14.2 Å². The van der Waals surface area contributed by atoms with Gasteiger partial charge in [-0.3, -0.25) is 0 Å². The van der Waals surface area contributed by atoms with Crippen LogP contribution < -0.4 is 4.74 Å². The van der Waals surface area contributed by atoms with E-state index in [9.17, 15) is 9.50 Å². The maximum absolute atomic E-state index is 12.8. The standard InChI is InChI=1S/C12H17FO2/c1-8(2)11(14)7-15-12-5-4-10(13)6-9(12)3/h4-6,8,11,14H,7H2,1-3H3. The van der Waals surface area contributed by atoms with Crippen LogP contribution in [0, 0.1) is 18.7 Å². The largest absolute Gasteiger partial charge is 0.491 e. The van der Waals surface area contributed by atoms with Crippen LogP contribution in [0.25, 0.3) is 0 Å². The van der Waals surface area contributed by atoms with E-state index in [-0.39, 0.29) is 18.3 Å². The molecular formula is C12H17FO2. The Kier molecular flexibility index (Phi) is 4.09. The van der Waals surface area contributed by atoms with E-state index in [0.717, 1.165) is 5.56 Å². The van der Waals surface area contributed by atoms with Gasteiger partial charge in [0.2, 0.25) is 0 Å². The highest BCUT2D eigenvalue weighted by atomic mass is 19.1. The second-order valence-corrected chi connectivity index (χ2v) is 4.03. The number of rotatable bonds is 4. The molecule has 0 spiro atoms. The Morgan fingerprint density at radius 3 is 2.60 bits per heavy atom. The monoisotopic (exact) mass is 212 g/mol. The first-order valence-corrected chi connectivity index (χ1v) is 5.07. The van der Waals surface area contributed by atoms with E-state index in [1.807, 2.05) is 13.8 Å². The van der Waals surface area contributed by atoms with Crippen molar-refractivity contribution in [3.63, 3.8) is 0 Å². The second-order valence-electron chi connectivity index (χ2n) is 4.03. The van der Waals surface area contributed by atoms with Crippen molar-refractivity contribution in [1.82, 2.24) is 0 Å². The Morgan fingerprint density at radius 2 is 2.07 bits per heavy atom. The minimum atomic E-state index is -0.491. The van der Waals surface area contributed by atoms with Crippen LogP contribution in [0.2, 0.25) is 0 Å². The summed E-state index contributed by atoms with van der Waals surface area (Å²) in [4.78, 5) is 0. The molecule has 0 aliphatic heterocycles. The highest BCUT2D eigenvalue weighted by molar-refractivity contribution is 5.32. The van der Waals surface area contributed by atoms with Crippen molar-refractivity contribution in [1.29, 1.82) is 0 Å². The van der Waals surface area contributed by atoms with Gasteiger partial charge in [0.15, 0.2) is 0 Å². The van der Waals surface area contributed by atoms with Crippen molar-refractivity contribution in [2.75, 3.05) is 6.61 Å². The van der Waals surface area contributed by atoms with E-state index in [1.54, 1.807) is 13.0 Å². The van der Waals surface area contributed by atoms with E-state index >= 15 is 0 Å². The predicted molar refractivity (Wildman–Crippen MR) is 57.5 cm³/mol. The average molecular weight is 212 g/mol. The minimum absolute atomic E-state index is 0.158. The molecule has 0 fully saturated rings. The average Bonchev–Trinajstić information content (AvgIpc) is 2.15. The number of halogens is 1. The van der Waals surface area contributed by atoms with Crippen LogP contribution in [0.1, 0.15) is 19.4 Å². The third-order valence-electron chi connectivity index (χ3n) is 2.32. The lowest BCUT2D eigenvalue weighted by molar-refractivity contribution is 0.0698. The second kappa shape index (κ2) is 5.12. The molecule has 0 saturated heterocycles. The number of hydrogen-bond acceptors (Lipinski definition) is 2. The Morgan fingerprint density at radius 1 is 1.40 bits per heavy atom. The van der Waals surface area contributed by atoms with Crippen LogP contribution in [0.4, 0.5) is 4.39 Å². The van der Waals surface area contributed by atoms with E-state index in [1.165, 1.54) is 12.1 Å². The first kappa shape index (κ1) is 12.0. The van der Waals surface area contributed by atoms with E-state index in [0.29, 0.717) is 5.75 Å². The zero-order valence-electron chi connectivity index (χ0n) is 9.33. The molecule has 0 aliphatic rings. The topological polar surface area (TPSA) is 29.5 Å². The molecule has 1 aromatic rings. The summed E-state index contributed by atoms with van der Waals surface area (Å²) in [6.45, 7) is 5.86. The molecule has 0 amide bonds. The Labute approximate surface area is 89.7 Å². The summed E-state index contributed by atoms with van der Waals surface area (Å²) in [5, 5.41) is 9.53. The fraction of sp³-hybridized carbons (Fsp3) is 0.500. The fourth-order valence-electron chi connectivity index (χ4n) is 1.14. The molecule has 0 radical (unpaired) electrons. The molecule has 1 atom stereocenters. The maximum Gasteiger partial charge on any atom is 0.123 e. The third-order valence-corrected chi connectivity index (χ3v) is 2.32. The number of aryl methyl sites for hydroxylation is 1. The van der Waals surface area contributed by atoms with E-state index < -0.39 is 6.10 Å². The number of aliphatic hydroxyl groups excluding tert-OH is 1. The quantitative estimate of drug-likeness (QED) is 0.831. The van der Waals surface area contributed by atoms with Crippen LogP contribution in [-0.4, -0.2) is 17.8 Å². The summed E-state index contributed by atoms with van der Waals surface area (Å²) in [5.74, 6) is 0.506. The van der Waals surface area contributed by atoms with Gasteiger partial charge in [0.05, 0.1) is 6.10 Å². The molecule has 0 aromatic heterocycles. The summed E-state index contributed by atoms with van der Waals surface area (Å²) in [6, 6.07) is 4.35. The lowest BCUT2D eigenvalue weighted by Gasteiger charge is -2.16. The van der Waals surface area contributed by atoms with Crippen molar-refractivity contribution in [3.8, 4) is 5.75 Å². The summed E-state index contributed by atoms with van der Waals surface area (Å²) >= 11 is 0. The van der Waals surface area contributed by atoms with Gasteiger partial charge in [-0.15, -0.1) is 0 Å². The van der Waals surface area contributed by atoms with E-state index in [4.69, 9.17) is 4.74 Å². The van der Waals surface area contributed by atoms with Crippen molar-refractivity contribution >= 4 is 0 Å². The molecule has 1 N–H and O–H groups in total. The molecule has 0 saturated carbocycles. The molecule has 0 bridgehead atoms. The summed E-state index contributed by atoms with van der Waals surface area (Å²) < 4.78 is 18.2. The molecule has 2 nitrogen and oxygen atoms in total. The van der Waals surface area contributed by atoms with Gasteiger partial charge in [0.1, 0.15) is 18.2 Å². The van der Waals surface area contributed by atoms with E-state index in [2.05, 4.69) is 0 Å². The summed E-state index contributed by atoms with van der Waals surface area (Å²) in [7, 11) is 0. The molecule has 1 unspecified atom stereocenters. The first-order valence-electron chi connectivity index (χ1n) is 5.07. The third kappa shape index (κ3) is 3.51. The fourth-order valence-corrected chi connectivity index (χ4v) is 1.14. The molecule has 3 heteroatoms. The molecule has 0 aliphatic carbocycles. The van der Waals surface area contributed by atoms with Crippen LogP contribution in [0.15, 0.2) is 18.2 Å². The van der Waals surface area contributed by atoms with Crippen LogP contribution in [0.5, 0.6) is 5.75 Å². The smallest absolute Gasteiger partial charge is 0.123 e. The zero-order valence-corrected chi connectivity index (χ0v) is 9.33. The highest BCUT2D eigenvalue weighted by Crippen LogP contribution is 2.19.